The standard InChI is InChI=1S/C16H15F2N3/c17-13-7-12(8-14(18)9-13)4-5-19-10-15-11-21-6-2-1-3-16(21)20-15/h1-3,6-9,11,19H,4-5,10H2. The van der Waals surface area contributed by atoms with Crippen molar-refractivity contribution in [1.29, 1.82) is 0 Å². The van der Waals surface area contributed by atoms with E-state index in [0.29, 0.717) is 25.1 Å². The Kier molecular flexibility index (Phi) is 3.92. The fraction of sp³-hybridized carbons (Fsp3) is 0.188. The Morgan fingerprint density at radius 3 is 2.67 bits per heavy atom. The topological polar surface area (TPSA) is 29.3 Å². The van der Waals surface area contributed by atoms with Crippen LogP contribution in [-0.2, 0) is 13.0 Å². The molecule has 0 saturated carbocycles. The molecule has 0 bridgehead atoms. The number of rotatable bonds is 5. The monoisotopic (exact) mass is 287 g/mol. The highest BCUT2D eigenvalue weighted by molar-refractivity contribution is 5.39. The smallest absolute Gasteiger partial charge is 0.137 e. The summed E-state index contributed by atoms with van der Waals surface area (Å²) in [4.78, 5) is 4.47. The van der Waals surface area contributed by atoms with E-state index in [0.717, 1.165) is 17.4 Å². The molecule has 3 nitrogen and oxygen atoms in total. The molecule has 5 heteroatoms. The zero-order valence-corrected chi connectivity index (χ0v) is 11.4. The van der Waals surface area contributed by atoms with E-state index >= 15 is 0 Å². The lowest BCUT2D eigenvalue weighted by Crippen LogP contribution is -2.17. The van der Waals surface area contributed by atoms with Crippen LogP contribution in [0, 0.1) is 11.6 Å². The molecule has 3 rings (SSSR count). The number of nitrogens with one attached hydrogen (secondary N) is 1. The Morgan fingerprint density at radius 2 is 1.90 bits per heavy atom. The molecule has 21 heavy (non-hydrogen) atoms. The van der Waals surface area contributed by atoms with Crippen molar-refractivity contribution in [1.82, 2.24) is 14.7 Å². The summed E-state index contributed by atoms with van der Waals surface area (Å²) in [5.74, 6) is -1.07. The van der Waals surface area contributed by atoms with Crippen molar-refractivity contribution in [3.05, 3.63) is 71.7 Å². The Bertz CT molecular complexity index is 699. The van der Waals surface area contributed by atoms with E-state index in [1.807, 2.05) is 35.0 Å². The van der Waals surface area contributed by atoms with Crippen molar-refractivity contribution in [3.63, 3.8) is 0 Å². The first kappa shape index (κ1) is 13.7. The number of pyridine rings is 1. The number of halogens is 2. The van der Waals surface area contributed by atoms with Crippen LogP contribution in [0.2, 0.25) is 0 Å². The zero-order valence-electron chi connectivity index (χ0n) is 11.4. The van der Waals surface area contributed by atoms with Gasteiger partial charge in [-0.25, -0.2) is 13.8 Å². The maximum Gasteiger partial charge on any atom is 0.137 e. The molecule has 0 saturated heterocycles. The van der Waals surface area contributed by atoms with E-state index in [1.165, 1.54) is 12.1 Å². The highest BCUT2D eigenvalue weighted by Crippen LogP contribution is 2.08. The van der Waals surface area contributed by atoms with E-state index in [4.69, 9.17) is 0 Å². The molecule has 0 radical (unpaired) electrons. The zero-order chi connectivity index (χ0) is 14.7. The van der Waals surface area contributed by atoms with Crippen LogP contribution < -0.4 is 5.32 Å². The van der Waals surface area contributed by atoms with Crippen LogP contribution in [0.1, 0.15) is 11.3 Å². The van der Waals surface area contributed by atoms with Gasteiger partial charge in [0.25, 0.3) is 0 Å². The van der Waals surface area contributed by atoms with Gasteiger partial charge in [0.1, 0.15) is 17.3 Å². The fourth-order valence-corrected chi connectivity index (χ4v) is 2.28. The number of hydrogen-bond acceptors (Lipinski definition) is 2. The Balaban J connectivity index is 1.54. The van der Waals surface area contributed by atoms with Crippen LogP contribution in [0.25, 0.3) is 5.65 Å². The highest BCUT2D eigenvalue weighted by atomic mass is 19.1. The molecule has 0 aliphatic carbocycles. The molecule has 0 aliphatic rings. The predicted octanol–water partition coefficient (Wildman–Crippen LogP) is 2.94. The molecule has 0 spiro atoms. The quantitative estimate of drug-likeness (QED) is 0.731. The highest BCUT2D eigenvalue weighted by Gasteiger charge is 2.02. The first-order valence-electron chi connectivity index (χ1n) is 6.79. The molecule has 1 N–H and O–H groups in total. The molecular weight excluding hydrogens is 272 g/mol. The second-order valence-corrected chi connectivity index (χ2v) is 4.90. The van der Waals surface area contributed by atoms with Gasteiger partial charge < -0.3 is 9.72 Å². The maximum atomic E-state index is 13.0. The molecule has 0 unspecified atom stereocenters. The Labute approximate surface area is 121 Å². The minimum absolute atomic E-state index is 0.537. The molecule has 0 fully saturated rings. The van der Waals surface area contributed by atoms with Gasteiger partial charge in [-0.1, -0.05) is 6.07 Å². The number of nitrogens with zero attached hydrogens (tertiary/aromatic N) is 2. The van der Waals surface area contributed by atoms with E-state index in [-0.39, 0.29) is 0 Å². The van der Waals surface area contributed by atoms with Crippen LogP contribution in [0.15, 0.2) is 48.8 Å². The molecule has 3 aromatic rings. The van der Waals surface area contributed by atoms with Gasteiger partial charge >= 0.3 is 0 Å². The van der Waals surface area contributed by atoms with Crippen LogP contribution in [0.4, 0.5) is 8.78 Å². The van der Waals surface area contributed by atoms with Gasteiger partial charge in [-0.15, -0.1) is 0 Å². The summed E-state index contributed by atoms with van der Waals surface area (Å²) < 4.78 is 28.1. The van der Waals surface area contributed by atoms with Gasteiger partial charge in [-0.2, -0.15) is 0 Å². The van der Waals surface area contributed by atoms with Gasteiger partial charge in [-0.05, 0) is 42.8 Å². The molecule has 0 amide bonds. The molecule has 2 heterocycles. The second kappa shape index (κ2) is 6.01. The third-order valence-corrected chi connectivity index (χ3v) is 3.23. The molecule has 2 aromatic heterocycles. The maximum absolute atomic E-state index is 13.0. The summed E-state index contributed by atoms with van der Waals surface area (Å²) in [6.07, 6.45) is 4.48. The van der Waals surface area contributed by atoms with E-state index in [2.05, 4.69) is 10.3 Å². The lowest BCUT2D eigenvalue weighted by molar-refractivity contribution is 0.577. The summed E-state index contributed by atoms with van der Waals surface area (Å²) in [7, 11) is 0. The van der Waals surface area contributed by atoms with E-state index in [1.54, 1.807) is 0 Å². The lowest BCUT2D eigenvalue weighted by atomic mass is 10.1. The van der Waals surface area contributed by atoms with Crippen molar-refractivity contribution in [3.8, 4) is 0 Å². The van der Waals surface area contributed by atoms with Gasteiger partial charge in [0, 0.05) is 25.0 Å². The Morgan fingerprint density at radius 1 is 1.10 bits per heavy atom. The first-order valence-corrected chi connectivity index (χ1v) is 6.79. The molecule has 108 valence electrons. The van der Waals surface area contributed by atoms with Crippen molar-refractivity contribution in [2.75, 3.05) is 6.54 Å². The first-order chi connectivity index (χ1) is 10.2. The Hall–Kier alpha value is -2.27. The van der Waals surface area contributed by atoms with Gasteiger partial charge in [0.15, 0.2) is 0 Å². The average molecular weight is 287 g/mol. The number of imidazole rings is 1. The normalized spacial score (nSPS) is 11.1. The summed E-state index contributed by atoms with van der Waals surface area (Å²) >= 11 is 0. The molecular formula is C16H15F2N3. The van der Waals surface area contributed by atoms with Crippen LogP contribution in [-0.4, -0.2) is 15.9 Å². The minimum atomic E-state index is -0.537. The second-order valence-electron chi connectivity index (χ2n) is 4.90. The van der Waals surface area contributed by atoms with Gasteiger partial charge in [0.05, 0.1) is 5.69 Å². The third-order valence-electron chi connectivity index (χ3n) is 3.23. The summed E-state index contributed by atoms with van der Waals surface area (Å²) in [6, 6.07) is 9.43. The summed E-state index contributed by atoms with van der Waals surface area (Å²) in [5, 5.41) is 3.23. The molecule has 1 aromatic carbocycles. The van der Waals surface area contributed by atoms with Crippen molar-refractivity contribution in [2.45, 2.75) is 13.0 Å². The van der Waals surface area contributed by atoms with Crippen LogP contribution in [0.3, 0.4) is 0 Å². The van der Waals surface area contributed by atoms with Gasteiger partial charge in [0.2, 0.25) is 0 Å². The van der Waals surface area contributed by atoms with Crippen molar-refractivity contribution >= 4 is 5.65 Å². The van der Waals surface area contributed by atoms with Crippen molar-refractivity contribution in [2.24, 2.45) is 0 Å². The average Bonchev–Trinajstić information content (AvgIpc) is 2.85. The largest absolute Gasteiger partial charge is 0.311 e. The molecule has 0 aliphatic heterocycles. The molecule has 0 atom stereocenters. The van der Waals surface area contributed by atoms with Crippen molar-refractivity contribution < 1.29 is 8.78 Å². The third kappa shape index (κ3) is 3.44. The fourth-order valence-electron chi connectivity index (χ4n) is 2.28. The van der Waals surface area contributed by atoms with Crippen LogP contribution in [0.5, 0.6) is 0 Å². The number of fused-ring (bicyclic) bond motifs is 1. The van der Waals surface area contributed by atoms with Crippen LogP contribution >= 0.6 is 0 Å². The number of hydrogen-bond donors (Lipinski definition) is 1. The SMILES string of the molecule is Fc1cc(F)cc(CCNCc2cn3ccccc3n2)c1. The summed E-state index contributed by atoms with van der Waals surface area (Å²) in [6.45, 7) is 1.26. The number of benzene rings is 1. The van der Waals surface area contributed by atoms with Gasteiger partial charge in [-0.3, -0.25) is 0 Å². The summed E-state index contributed by atoms with van der Waals surface area (Å²) in [5.41, 5.74) is 2.49. The van der Waals surface area contributed by atoms with E-state index in [9.17, 15) is 8.78 Å². The predicted molar refractivity (Wildman–Crippen MR) is 77.0 cm³/mol. The minimum Gasteiger partial charge on any atom is -0.311 e. The lowest BCUT2D eigenvalue weighted by Gasteiger charge is -2.03. The van der Waals surface area contributed by atoms with E-state index < -0.39 is 11.6 Å². The number of aromatic nitrogens is 2.